The molecule has 1 saturated heterocycles. The number of sulfonamides is 1. The van der Waals surface area contributed by atoms with Crippen LogP contribution in [0.15, 0.2) is 29.2 Å². The van der Waals surface area contributed by atoms with Crippen LogP contribution in [0.3, 0.4) is 0 Å². The fraction of sp³-hybridized carbons (Fsp3) is 0.368. The molecule has 1 heterocycles. The molecule has 0 saturated carbocycles. The first-order valence-corrected chi connectivity index (χ1v) is 10.3. The number of piperazine rings is 1. The standard InChI is InChI=1S/C19H21F3N2O3S/c1-12-9-14(16(25)10-13(12)2)11-23-5-7-24(8-6-23)28(26,27)17-4-3-15(20)18(21)19(17)22/h3-4,9-10,25H,5-8,11H2,1-2H3/p+1. The van der Waals surface area contributed by atoms with Crippen LogP contribution in [0.5, 0.6) is 5.75 Å². The van der Waals surface area contributed by atoms with Crippen molar-refractivity contribution in [2.45, 2.75) is 25.3 Å². The average molecular weight is 415 g/mol. The fourth-order valence-electron chi connectivity index (χ4n) is 3.34. The lowest BCUT2D eigenvalue weighted by Crippen LogP contribution is -3.13. The molecule has 0 aromatic heterocycles. The van der Waals surface area contributed by atoms with Gasteiger partial charge >= 0.3 is 0 Å². The maximum atomic E-state index is 13.9. The Hall–Kier alpha value is -2.10. The largest absolute Gasteiger partial charge is 0.507 e. The van der Waals surface area contributed by atoms with E-state index in [1.165, 1.54) is 0 Å². The molecular weight excluding hydrogens is 393 g/mol. The summed E-state index contributed by atoms with van der Waals surface area (Å²) >= 11 is 0. The molecule has 0 bridgehead atoms. The number of nitrogens with one attached hydrogen (secondary N) is 1. The molecule has 0 amide bonds. The Morgan fingerprint density at radius 2 is 1.64 bits per heavy atom. The fourth-order valence-corrected chi connectivity index (χ4v) is 4.84. The van der Waals surface area contributed by atoms with Gasteiger partial charge in [0.1, 0.15) is 17.2 Å². The summed E-state index contributed by atoms with van der Waals surface area (Å²) in [5, 5.41) is 10.1. The predicted octanol–water partition coefficient (Wildman–Crippen LogP) is 1.52. The Morgan fingerprint density at radius 3 is 2.29 bits per heavy atom. The van der Waals surface area contributed by atoms with Gasteiger partial charge in [0.2, 0.25) is 10.0 Å². The van der Waals surface area contributed by atoms with Crippen molar-refractivity contribution in [3.05, 3.63) is 58.4 Å². The van der Waals surface area contributed by atoms with Crippen molar-refractivity contribution >= 4 is 10.0 Å². The van der Waals surface area contributed by atoms with Crippen LogP contribution in [0, 0.1) is 31.3 Å². The second kappa shape index (κ2) is 7.73. The van der Waals surface area contributed by atoms with E-state index in [2.05, 4.69) is 0 Å². The monoisotopic (exact) mass is 415 g/mol. The van der Waals surface area contributed by atoms with Gasteiger partial charge in [0.05, 0.1) is 26.2 Å². The highest BCUT2D eigenvalue weighted by atomic mass is 32.2. The van der Waals surface area contributed by atoms with Gasteiger partial charge in [-0.25, -0.2) is 21.6 Å². The zero-order chi connectivity index (χ0) is 20.6. The molecule has 5 nitrogen and oxygen atoms in total. The van der Waals surface area contributed by atoms with Crippen molar-refractivity contribution in [2.75, 3.05) is 26.2 Å². The van der Waals surface area contributed by atoms with Crippen molar-refractivity contribution in [2.24, 2.45) is 0 Å². The molecule has 0 radical (unpaired) electrons. The molecule has 1 aliphatic heterocycles. The number of aromatic hydroxyl groups is 1. The Kier molecular flexibility index (Phi) is 5.69. The van der Waals surface area contributed by atoms with Crippen LogP contribution in [0.25, 0.3) is 0 Å². The number of quaternary nitrogens is 1. The first-order valence-electron chi connectivity index (χ1n) is 8.87. The van der Waals surface area contributed by atoms with Gasteiger partial charge in [-0.2, -0.15) is 4.31 Å². The maximum Gasteiger partial charge on any atom is 0.246 e. The molecule has 2 aromatic carbocycles. The van der Waals surface area contributed by atoms with Crippen molar-refractivity contribution in [3.8, 4) is 5.75 Å². The summed E-state index contributed by atoms with van der Waals surface area (Å²) in [5.74, 6) is -4.72. The van der Waals surface area contributed by atoms with Gasteiger partial charge in [-0.3, -0.25) is 0 Å². The molecule has 0 spiro atoms. The van der Waals surface area contributed by atoms with Crippen molar-refractivity contribution in [1.82, 2.24) is 4.31 Å². The number of hydrogen-bond donors (Lipinski definition) is 2. The zero-order valence-corrected chi connectivity index (χ0v) is 16.4. The van der Waals surface area contributed by atoms with Crippen LogP contribution in [-0.4, -0.2) is 44.0 Å². The molecule has 0 unspecified atom stereocenters. The summed E-state index contributed by atoms with van der Waals surface area (Å²) in [6.45, 7) is 5.50. The van der Waals surface area contributed by atoms with E-state index in [0.717, 1.165) is 32.0 Å². The number of halogens is 3. The SMILES string of the molecule is Cc1cc(O)c(C[NH+]2CCN(S(=O)(=O)c3ccc(F)c(F)c3F)CC2)cc1C. The summed E-state index contributed by atoms with van der Waals surface area (Å²) in [6, 6.07) is 4.97. The molecule has 28 heavy (non-hydrogen) atoms. The molecule has 0 aliphatic carbocycles. The first-order chi connectivity index (χ1) is 13.1. The van der Waals surface area contributed by atoms with Crippen LogP contribution in [0.1, 0.15) is 16.7 Å². The second-order valence-corrected chi connectivity index (χ2v) is 8.98. The Morgan fingerprint density at radius 1 is 1.04 bits per heavy atom. The lowest BCUT2D eigenvalue weighted by Gasteiger charge is -2.31. The molecule has 1 aliphatic rings. The van der Waals surface area contributed by atoms with Crippen LogP contribution < -0.4 is 4.90 Å². The highest BCUT2D eigenvalue weighted by Gasteiger charge is 2.34. The molecule has 2 aromatic rings. The van der Waals surface area contributed by atoms with Gasteiger partial charge < -0.3 is 10.0 Å². The predicted molar refractivity (Wildman–Crippen MR) is 97.1 cm³/mol. The van der Waals surface area contributed by atoms with E-state index in [0.29, 0.717) is 25.7 Å². The highest BCUT2D eigenvalue weighted by molar-refractivity contribution is 7.89. The van der Waals surface area contributed by atoms with Crippen LogP contribution in [-0.2, 0) is 16.6 Å². The Labute approximate surface area is 162 Å². The molecular formula is C19H22F3N2O3S+. The quantitative estimate of drug-likeness (QED) is 0.745. The van der Waals surface area contributed by atoms with Crippen LogP contribution in [0.2, 0.25) is 0 Å². The zero-order valence-electron chi connectivity index (χ0n) is 15.6. The lowest BCUT2D eigenvalue weighted by atomic mass is 10.0. The third-order valence-corrected chi connectivity index (χ3v) is 7.10. The van der Waals surface area contributed by atoms with Crippen molar-refractivity contribution in [1.29, 1.82) is 0 Å². The normalized spacial score (nSPS) is 16.5. The Balaban J connectivity index is 1.72. The molecule has 152 valence electrons. The Bertz CT molecular complexity index is 1000. The molecule has 3 rings (SSSR count). The van der Waals surface area contributed by atoms with Gasteiger partial charge in [0, 0.05) is 5.56 Å². The molecule has 2 N–H and O–H groups in total. The smallest absolute Gasteiger partial charge is 0.246 e. The second-order valence-electron chi connectivity index (χ2n) is 7.07. The van der Waals surface area contributed by atoms with Crippen LogP contribution >= 0.6 is 0 Å². The van der Waals surface area contributed by atoms with E-state index in [1.54, 1.807) is 6.07 Å². The minimum absolute atomic E-state index is 0.113. The molecule has 0 atom stereocenters. The lowest BCUT2D eigenvalue weighted by molar-refractivity contribution is -0.917. The number of aryl methyl sites for hydroxylation is 2. The van der Waals surface area contributed by atoms with E-state index in [1.807, 2.05) is 19.9 Å². The van der Waals surface area contributed by atoms with E-state index < -0.39 is 32.4 Å². The minimum Gasteiger partial charge on any atom is -0.507 e. The van der Waals surface area contributed by atoms with E-state index in [-0.39, 0.29) is 18.8 Å². The number of phenolic OH excluding ortho intramolecular Hbond substituents is 1. The summed E-state index contributed by atoms with van der Waals surface area (Å²) in [4.78, 5) is 0.206. The first kappa shape index (κ1) is 20.6. The van der Waals surface area contributed by atoms with Gasteiger partial charge in [0.25, 0.3) is 0 Å². The van der Waals surface area contributed by atoms with Gasteiger partial charge in [-0.1, -0.05) is 0 Å². The average Bonchev–Trinajstić information content (AvgIpc) is 2.64. The van der Waals surface area contributed by atoms with Gasteiger partial charge in [-0.15, -0.1) is 0 Å². The third kappa shape index (κ3) is 3.87. The minimum atomic E-state index is -4.26. The number of nitrogens with zero attached hydrogens (tertiary/aromatic N) is 1. The number of phenols is 1. The topological polar surface area (TPSA) is 62.1 Å². The number of benzene rings is 2. The van der Waals surface area contributed by atoms with E-state index >= 15 is 0 Å². The highest BCUT2D eigenvalue weighted by Crippen LogP contribution is 2.24. The molecule has 9 heteroatoms. The molecule has 1 fully saturated rings. The van der Waals surface area contributed by atoms with Crippen molar-refractivity contribution < 1.29 is 31.6 Å². The van der Waals surface area contributed by atoms with Crippen LogP contribution in [0.4, 0.5) is 13.2 Å². The van der Waals surface area contributed by atoms with E-state index in [9.17, 15) is 26.7 Å². The van der Waals surface area contributed by atoms with E-state index in [4.69, 9.17) is 0 Å². The summed E-state index contributed by atoms with van der Waals surface area (Å²) in [5.41, 5.74) is 2.82. The number of hydrogen-bond acceptors (Lipinski definition) is 3. The maximum absolute atomic E-state index is 13.9. The summed E-state index contributed by atoms with van der Waals surface area (Å²) in [7, 11) is -4.26. The summed E-state index contributed by atoms with van der Waals surface area (Å²) < 4.78 is 66.8. The summed E-state index contributed by atoms with van der Waals surface area (Å²) in [6.07, 6.45) is 0. The van der Waals surface area contributed by atoms with Gasteiger partial charge in [0.15, 0.2) is 17.5 Å². The van der Waals surface area contributed by atoms with Crippen molar-refractivity contribution in [3.63, 3.8) is 0 Å². The number of rotatable bonds is 4. The third-order valence-electron chi connectivity index (χ3n) is 5.18. The van der Waals surface area contributed by atoms with Gasteiger partial charge in [-0.05, 0) is 49.2 Å².